The number of aromatic nitrogens is 2. The molecule has 134 valence electrons. The van der Waals surface area contributed by atoms with Gasteiger partial charge >= 0.3 is 0 Å². The molecule has 0 atom stereocenters. The average Bonchev–Trinajstić information content (AvgIpc) is 2.86. The minimum absolute atomic E-state index is 0.0520. The molecule has 9 heteroatoms. The topological polar surface area (TPSA) is 76.0 Å². The average molecular weight is 401 g/mol. The molecule has 1 aromatic carbocycles. The smallest absolute Gasteiger partial charge is 0.260 e. The SMILES string of the molecule is Cc1cc(C)n(CC(=O)NNC(=O)CSCc2ccc(Cl)c(Cl)c2)n1. The number of aryl methyl sites for hydroxylation is 2. The van der Waals surface area contributed by atoms with Crippen LogP contribution in [0.15, 0.2) is 24.3 Å². The third-order valence-electron chi connectivity index (χ3n) is 3.22. The highest BCUT2D eigenvalue weighted by Gasteiger charge is 2.09. The first-order valence-electron chi connectivity index (χ1n) is 7.45. The molecule has 2 amide bonds. The Labute approximate surface area is 160 Å². The van der Waals surface area contributed by atoms with E-state index in [4.69, 9.17) is 23.2 Å². The standard InChI is InChI=1S/C16H18Cl2N4O2S/c1-10-5-11(2)22(21-10)7-15(23)19-20-16(24)9-25-8-12-3-4-13(17)14(18)6-12/h3-6H,7-9H2,1-2H3,(H,19,23)(H,20,24). The van der Waals surface area contributed by atoms with Crippen molar-refractivity contribution < 1.29 is 9.59 Å². The molecular weight excluding hydrogens is 383 g/mol. The molecule has 1 aromatic heterocycles. The normalized spacial score (nSPS) is 10.6. The second-order valence-electron chi connectivity index (χ2n) is 5.42. The third-order valence-corrected chi connectivity index (χ3v) is 4.97. The molecule has 1 heterocycles. The van der Waals surface area contributed by atoms with Gasteiger partial charge in [-0.3, -0.25) is 25.1 Å². The molecule has 2 N–H and O–H groups in total. The first-order valence-corrected chi connectivity index (χ1v) is 9.36. The van der Waals surface area contributed by atoms with Crippen LogP contribution >= 0.6 is 35.0 Å². The molecule has 0 aliphatic rings. The zero-order valence-electron chi connectivity index (χ0n) is 13.8. The molecule has 25 heavy (non-hydrogen) atoms. The molecule has 0 saturated heterocycles. The van der Waals surface area contributed by atoms with Gasteiger partial charge in [-0.2, -0.15) is 5.10 Å². The number of amides is 2. The summed E-state index contributed by atoms with van der Waals surface area (Å²) >= 11 is 13.2. The largest absolute Gasteiger partial charge is 0.272 e. The highest BCUT2D eigenvalue weighted by Crippen LogP contribution is 2.24. The quantitative estimate of drug-likeness (QED) is 0.730. The summed E-state index contributed by atoms with van der Waals surface area (Å²) in [6.07, 6.45) is 0. The third kappa shape index (κ3) is 6.26. The lowest BCUT2D eigenvalue weighted by molar-refractivity contribution is -0.128. The Morgan fingerprint density at radius 3 is 2.48 bits per heavy atom. The maximum absolute atomic E-state index is 11.8. The summed E-state index contributed by atoms with van der Waals surface area (Å²) < 4.78 is 1.58. The molecule has 0 bridgehead atoms. The van der Waals surface area contributed by atoms with Gasteiger partial charge < -0.3 is 0 Å². The van der Waals surface area contributed by atoms with Gasteiger partial charge in [0.25, 0.3) is 5.91 Å². The van der Waals surface area contributed by atoms with E-state index in [1.807, 2.05) is 26.0 Å². The van der Waals surface area contributed by atoms with Crippen molar-refractivity contribution >= 4 is 46.8 Å². The van der Waals surface area contributed by atoms with Gasteiger partial charge in [0.2, 0.25) is 5.91 Å². The number of nitrogens with one attached hydrogen (secondary N) is 2. The molecule has 6 nitrogen and oxygen atoms in total. The number of carbonyl (C=O) groups excluding carboxylic acids is 2. The number of carbonyl (C=O) groups is 2. The Balaban J connectivity index is 1.68. The minimum atomic E-state index is -0.339. The molecule has 0 aliphatic carbocycles. The summed E-state index contributed by atoms with van der Waals surface area (Å²) in [6, 6.07) is 7.23. The van der Waals surface area contributed by atoms with Gasteiger partial charge in [-0.15, -0.1) is 11.8 Å². The first kappa shape index (κ1) is 19.6. The second-order valence-corrected chi connectivity index (χ2v) is 7.22. The number of rotatable bonds is 6. The molecule has 0 spiro atoms. The van der Waals surface area contributed by atoms with Crippen LogP contribution in [-0.2, 0) is 21.9 Å². The molecule has 2 aromatic rings. The van der Waals surface area contributed by atoms with Crippen molar-refractivity contribution in [2.75, 3.05) is 5.75 Å². The van der Waals surface area contributed by atoms with Crippen LogP contribution in [0.2, 0.25) is 10.0 Å². The van der Waals surface area contributed by atoms with E-state index in [0.29, 0.717) is 15.8 Å². The zero-order chi connectivity index (χ0) is 18.4. The molecule has 0 saturated carbocycles. The van der Waals surface area contributed by atoms with Crippen molar-refractivity contribution in [1.29, 1.82) is 0 Å². The lowest BCUT2D eigenvalue weighted by Crippen LogP contribution is -2.44. The van der Waals surface area contributed by atoms with Gasteiger partial charge in [-0.05, 0) is 37.6 Å². The summed E-state index contributed by atoms with van der Waals surface area (Å²) in [5.74, 6) is 0.200. The molecule has 0 fully saturated rings. The van der Waals surface area contributed by atoms with E-state index in [9.17, 15) is 9.59 Å². The first-order chi connectivity index (χ1) is 11.8. The van der Waals surface area contributed by atoms with Gasteiger partial charge in [0.15, 0.2) is 0 Å². The Kier molecular flexibility index (Phi) is 7.16. The molecule has 0 unspecified atom stereocenters. The Bertz CT molecular complexity index is 779. The monoisotopic (exact) mass is 400 g/mol. The number of benzene rings is 1. The van der Waals surface area contributed by atoms with Crippen molar-refractivity contribution in [2.45, 2.75) is 26.1 Å². The molecule has 2 rings (SSSR count). The van der Waals surface area contributed by atoms with Crippen molar-refractivity contribution in [3.05, 3.63) is 51.3 Å². The fourth-order valence-corrected chi connectivity index (χ4v) is 3.17. The van der Waals surface area contributed by atoms with Crippen LogP contribution < -0.4 is 10.9 Å². The summed E-state index contributed by atoms with van der Waals surface area (Å²) in [6.45, 7) is 3.77. The number of hydrogen-bond donors (Lipinski definition) is 2. The Hall–Kier alpha value is -1.70. The zero-order valence-corrected chi connectivity index (χ0v) is 16.1. The number of thioether (sulfide) groups is 1. The van der Waals surface area contributed by atoms with Gasteiger partial charge in [-0.1, -0.05) is 29.3 Å². The lowest BCUT2D eigenvalue weighted by Gasteiger charge is -2.08. The summed E-state index contributed by atoms with van der Waals surface area (Å²) in [5.41, 5.74) is 7.47. The Morgan fingerprint density at radius 2 is 1.84 bits per heavy atom. The van der Waals surface area contributed by atoms with E-state index in [1.165, 1.54) is 11.8 Å². The second kappa shape index (κ2) is 9.12. The maximum Gasteiger partial charge on any atom is 0.260 e. The van der Waals surface area contributed by atoms with E-state index in [2.05, 4.69) is 16.0 Å². The van der Waals surface area contributed by atoms with Crippen LogP contribution in [-0.4, -0.2) is 27.3 Å². The number of halogens is 2. The lowest BCUT2D eigenvalue weighted by atomic mass is 10.2. The van der Waals surface area contributed by atoms with E-state index in [0.717, 1.165) is 17.0 Å². The number of hydrazine groups is 1. The van der Waals surface area contributed by atoms with Crippen LogP contribution in [0.25, 0.3) is 0 Å². The van der Waals surface area contributed by atoms with Crippen LogP contribution in [0.4, 0.5) is 0 Å². The number of nitrogens with zero attached hydrogens (tertiary/aromatic N) is 2. The van der Waals surface area contributed by atoms with E-state index < -0.39 is 0 Å². The summed E-state index contributed by atoms with van der Waals surface area (Å²) in [7, 11) is 0. The van der Waals surface area contributed by atoms with Crippen molar-refractivity contribution in [1.82, 2.24) is 20.6 Å². The molecule has 0 radical (unpaired) electrons. The molecular formula is C16H18Cl2N4O2S. The van der Waals surface area contributed by atoms with E-state index in [1.54, 1.807) is 16.8 Å². The van der Waals surface area contributed by atoms with Gasteiger partial charge in [-0.25, -0.2) is 0 Å². The Morgan fingerprint density at radius 1 is 1.12 bits per heavy atom. The number of hydrogen-bond acceptors (Lipinski definition) is 4. The predicted octanol–water partition coefficient (Wildman–Crippen LogP) is 2.89. The molecule has 0 aliphatic heterocycles. The predicted molar refractivity (Wildman–Crippen MR) is 101 cm³/mol. The van der Waals surface area contributed by atoms with E-state index >= 15 is 0 Å². The fraction of sp³-hybridized carbons (Fsp3) is 0.312. The highest BCUT2D eigenvalue weighted by atomic mass is 35.5. The van der Waals surface area contributed by atoms with Crippen LogP contribution in [0.3, 0.4) is 0 Å². The summed E-state index contributed by atoms with van der Waals surface area (Å²) in [4.78, 5) is 23.6. The van der Waals surface area contributed by atoms with Gasteiger partial charge in [0, 0.05) is 11.4 Å². The summed E-state index contributed by atoms with van der Waals surface area (Å²) in [5, 5.41) is 5.18. The van der Waals surface area contributed by atoms with E-state index in [-0.39, 0.29) is 24.1 Å². The van der Waals surface area contributed by atoms with Crippen molar-refractivity contribution in [3.63, 3.8) is 0 Å². The van der Waals surface area contributed by atoms with Gasteiger partial charge in [0.1, 0.15) is 6.54 Å². The fourth-order valence-electron chi connectivity index (χ4n) is 2.08. The van der Waals surface area contributed by atoms with Crippen LogP contribution in [0.1, 0.15) is 17.0 Å². The highest BCUT2D eigenvalue weighted by molar-refractivity contribution is 7.99. The van der Waals surface area contributed by atoms with Crippen LogP contribution in [0, 0.1) is 13.8 Å². The maximum atomic E-state index is 11.8. The minimum Gasteiger partial charge on any atom is -0.272 e. The van der Waals surface area contributed by atoms with Crippen molar-refractivity contribution in [2.24, 2.45) is 0 Å². The van der Waals surface area contributed by atoms with Gasteiger partial charge in [0.05, 0.1) is 21.5 Å². The van der Waals surface area contributed by atoms with Crippen LogP contribution in [0.5, 0.6) is 0 Å². The van der Waals surface area contributed by atoms with Crippen molar-refractivity contribution in [3.8, 4) is 0 Å².